The van der Waals surface area contributed by atoms with Crippen LogP contribution in [0.25, 0.3) is 11.3 Å². The molecule has 2 atom stereocenters. The second kappa shape index (κ2) is 9.29. The molecule has 0 bridgehead atoms. The number of carbonyl (C=O) groups is 1. The van der Waals surface area contributed by atoms with Gasteiger partial charge in [-0.05, 0) is 55.6 Å². The maximum Gasteiger partial charge on any atom is 0.419 e. The standard InChI is InChI=1S/C20H21F4N3O3/c21-17-3-1-13(8-16(17)20(22,23)24)18-4-2-15(30-18)11-27-26-6-5-12-7-14(19(28)29)10-25-9-12/h1-4,8,11-12,14,25-26H,5-7,9-10H2,(H,28,29)/b27-11+/t12-,14+/m0/s1. The van der Waals surface area contributed by atoms with Crippen molar-refractivity contribution < 1.29 is 31.9 Å². The molecule has 3 rings (SSSR count). The molecule has 3 N–H and O–H groups in total. The number of hydrazone groups is 1. The second-order valence-corrected chi connectivity index (χ2v) is 7.14. The molecule has 0 radical (unpaired) electrons. The van der Waals surface area contributed by atoms with E-state index in [1.54, 1.807) is 6.07 Å². The van der Waals surface area contributed by atoms with Gasteiger partial charge in [0.15, 0.2) is 0 Å². The van der Waals surface area contributed by atoms with Gasteiger partial charge >= 0.3 is 12.1 Å². The van der Waals surface area contributed by atoms with Crippen LogP contribution < -0.4 is 10.7 Å². The first-order valence-corrected chi connectivity index (χ1v) is 9.40. The van der Waals surface area contributed by atoms with Crippen molar-refractivity contribution in [3.8, 4) is 11.3 Å². The number of halogens is 4. The van der Waals surface area contributed by atoms with E-state index in [1.807, 2.05) is 0 Å². The number of hydrogen-bond acceptors (Lipinski definition) is 5. The number of alkyl halides is 3. The highest BCUT2D eigenvalue weighted by Crippen LogP contribution is 2.34. The van der Waals surface area contributed by atoms with E-state index in [0.717, 1.165) is 19.0 Å². The summed E-state index contributed by atoms with van der Waals surface area (Å²) in [7, 11) is 0. The molecule has 1 saturated heterocycles. The van der Waals surface area contributed by atoms with Crippen LogP contribution in [0.4, 0.5) is 17.6 Å². The van der Waals surface area contributed by atoms with E-state index < -0.39 is 23.5 Å². The molecule has 0 saturated carbocycles. The molecule has 0 amide bonds. The van der Waals surface area contributed by atoms with Crippen LogP contribution in [0.3, 0.4) is 0 Å². The van der Waals surface area contributed by atoms with Gasteiger partial charge in [0, 0.05) is 18.7 Å². The normalized spacial score (nSPS) is 19.9. The molecular formula is C20H21F4N3O3. The van der Waals surface area contributed by atoms with Gasteiger partial charge in [-0.3, -0.25) is 4.79 Å². The molecule has 30 heavy (non-hydrogen) atoms. The van der Waals surface area contributed by atoms with Crippen molar-refractivity contribution in [1.82, 2.24) is 10.7 Å². The molecule has 0 unspecified atom stereocenters. The Bertz CT molecular complexity index is 911. The summed E-state index contributed by atoms with van der Waals surface area (Å²) in [6.07, 6.45) is -2.05. The quantitative estimate of drug-likeness (QED) is 0.271. The Kier molecular flexibility index (Phi) is 6.76. The van der Waals surface area contributed by atoms with Gasteiger partial charge < -0.3 is 20.3 Å². The minimum Gasteiger partial charge on any atom is -0.481 e. The van der Waals surface area contributed by atoms with Crippen LogP contribution in [-0.4, -0.2) is 36.9 Å². The van der Waals surface area contributed by atoms with Gasteiger partial charge in [0.1, 0.15) is 17.3 Å². The predicted octanol–water partition coefficient (Wildman–Crippen LogP) is 3.73. The van der Waals surface area contributed by atoms with Gasteiger partial charge in [-0.25, -0.2) is 4.39 Å². The van der Waals surface area contributed by atoms with E-state index in [2.05, 4.69) is 15.8 Å². The monoisotopic (exact) mass is 427 g/mol. The van der Waals surface area contributed by atoms with Crippen molar-refractivity contribution in [2.75, 3.05) is 19.6 Å². The van der Waals surface area contributed by atoms with Crippen LogP contribution in [-0.2, 0) is 11.0 Å². The van der Waals surface area contributed by atoms with E-state index in [-0.39, 0.29) is 23.2 Å². The van der Waals surface area contributed by atoms with Crippen molar-refractivity contribution >= 4 is 12.2 Å². The van der Waals surface area contributed by atoms with Crippen molar-refractivity contribution in [3.63, 3.8) is 0 Å². The lowest BCUT2D eigenvalue weighted by molar-refractivity contribution is -0.143. The number of furan rings is 1. The number of rotatable bonds is 7. The highest BCUT2D eigenvalue weighted by Gasteiger charge is 2.34. The molecular weight excluding hydrogens is 406 g/mol. The zero-order chi connectivity index (χ0) is 21.7. The van der Waals surface area contributed by atoms with E-state index >= 15 is 0 Å². The summed E-state index contributed by atoms with van der Waals surface area (Å²) in [5.74, 6) is -1.80. The topological polar surface area (TPSA) is 86.9 Å². The minimum atomic E-state index is -4.79. The Morgan fingerprint density at radius 3 is 2.83 bits per heavy atom. The summed E-state index contributed by atoms with van der Waals surface area (Å²) < 4.78 is 57.4. The third-order valence-electron chi connectivity index (χ3n) is 4.92. The van der Waals surface area contributed by atoms with Crippen LogP contribution in [0.2, 0.25) is 0 Å². The lowest BCUT2D eigenvalue weighted by Gasteiger charge is -2.27. The van der Waals surface area contributed by atoms with Crippen LogP contribution in [0.15, 0.2) is 39.9 Å². The van der Waals surface area contributed by atoms with Gasteiger partial charge in [-0.15, -0.1) is 0 Å². The molecule has 162 valence electrons. The number of piperidine rings is 1. The second-order valence-electron chi connectivity index (χ2n) is 7.14. The number of nitrogens with zero attached hydrogens (tertiary/aromatic N) is 1. The lowest BCUT2D eigenvalue weighted by atomic mass is 9.88. The number of aliphatic carboxylic acids is 1. The summed E-state index contributed by atoms with van der Waals surface area (Å²) in [5, 5.41) is 16.2. The zero-order valence-electron chi connectivity index (χ0n) is 15.9. The van der Waals surface area contributed by atoms with E-state index in [0.29, 0.717) is 31.3 Å². The fourth-order valence-corrected chi connectivity index (χ4v) is 3.35. The Hall–Kier alpha value is -2.88. The average Bonchev–Trinajstić information content (AvgIpc) is 3.16. The Labute approximate surface area is 170 Å². The van der Waals surface area contributed by atoms with Gasteiger partial charge in [-0.1, -0.05) is 0 Å². The number of benzene rings is 1. The average molecular weight is 427 g/mol. The number of hydrogen-bond donors (Lipinski definition) is 3. The van der Waals surface area contributed by atoms with E-state index in [1.165, 1.54) is 18.3 Å². The van der Waals surface area contributed by atoms with Crippen LogP contribution in [0.1, 0.15) is 24.2 Å². The van der Waals surface area contributed by atoms with Crippen molar-refractivity contribution in [1.29, 1.82) is 0 Å². The third-order valence-corrected chi connectivity index (χ3v) is 4.92. The number of carboxylic acids is 1. The Morgan fingerprint density at radius 1 is 1.30 bits per heavy atom. The largest absolute Gasteiger partial charge is 0.481 e. The molecule has 2 heterocycles. The molecule has 1 aromatic carbocycles. The van der Waals surface area contributed by atoms with E-state index in [9.17, 15) is 22.4 Å². The van der Waals surface area contributed by atoms with Crippen LogP contribution >= 0.6 is 0 Å². The molecule has 6 nitrogen and oxygen atoms in total. The van der Waals surface area contributed by atoms with Gasteiger partial charge in [-0.2, -0.15) is 18.3 Å². The molecule has 10 heteroatoms. The first kappa shape index (κ1) is 21.8. The Morgan fingerprint density at radius 2 is 2.10 bits per heavy atom. The molecule has 1 aliphatic rings. The van der Waals surface area contributed by atoms with Crippen LogP contribution in [0, 0.1) is 17.7 Å². The lowest BCUT2D eigenvalue weighted by Crippen LogP contribution is -2.40. The smallest absolute Gasteiger partial charge is 0.419 e. The number of nitrogens with one attached hydrogen (secondary N) is 2. The minimum absolute atomic E-state index is 0.106. The summed E-state index contributed by atoms with van der Waals surface area (Å²) >= 11 is 0. The molecule has 1 aromatic heterocycles. The predicted molar refractivity (Wildman–Crippen MR) is 101 cm³/mol. The van der Waals surface area contributed by atoms with Crippen molar-refractivity contribution in [3.05, 3.63) is 47.5 Å². The van der Waals surface area contributed by atoms with E-state index in [4.69, 9.17) is 9.52 Å². The molecule has 1 aliphatic heterocycles. The van der Waals surface area contributed by atoms with Crippen molar-refractivity contribution in [2.45, 2.75) is 19.0 Å². The summed E-state index contributed by atoms with van der Waals surface area (Å²) in [6.45, 7) is 1.78. The third kappa shape index (κ3) is 5.59. The fourth-order valence-electron chi connectivity index (χ4n) is 3.35. The maximum atomic E-state index is 13.4. The zero-order valence-corrected chi connectivity index (χ0v) is 15.9. The highest BCUT2D eigenvalue weighted by atomic mass is 19.4. The molecule has 0 aliphatic carbocycles. The van der Waals surface area contributed by atoms with Crippen molar-refractivity contribution in [2.24, 2.45) is 16.9 Å². The summed E-state index contributed by atoms with van der Waals surface area (Å²) in [6, 6.07) is 5.69. The molecule has 1 fully saturated rings. The SMILES string of the molecule is O=C(O)[C@H]1CNC[C@@H](CCN/N=C/c2ccc(-c3ccc(F)c(C(F)(F)F)c3)o2)C1. The molecule has 0 spiro atoms. The molecule has 2 aromatic rings. The summed E-state index contributed by atoms with van der Waals surface area (Å²) in [4.78, 5) is 11.1. The first-order chi connectivity index (χ1) is 14.2. The van der Waals surface area contributed by atoms with Crippen LogP contribution in [0.5, 0.6) is 0 Å². The van der Waals surface area contributed by atoms with Gasteiger partial charge in [0.2, 0.25) is 0 Å². The maximum absolute atomic E-state index is 13.4. The Balaban J connectivity index is 1.52. The van der Waals surface area contributed by atoms with Gasteiger partial charge in [0.25, 0.3) is 0 Å². The summed E-state index contributed by atoms with van der Waals surface area (Å²) in [5.41, 5.74) is 1.60. The highest BCUT2D eigenvalue weighted by molar-refractivity contribution is 5.77. The number of carboxylic acid groups (broad SMARTS) is 1. The first-order valence-electron chi connectivity index (χ1n) is 9.40. The van der Waals surface area contributed by atoms with Gasteiger partial charge in [0.05, 0.1) is 17.7 Å². The fraction of sp³-hybridized carbons (Fsp3) is 0.400.